The zero-order valence-electron chi connectivity index (χ0n) is 10.6. The van der Waals surface area contributed by atoms with Crippen molar-refractivity contribution in [2.45, 2.75) is 29.4 Å². The van der Waals surface area contributed by atoms with Gasteiger partial charge in [0.25, 0.3) is 0 Å². The van der Waals surface area contributed by atoms with Gasteiger partial charge in [0.2, 0.25) is 5.78 Å². The highest BCUT2D eigenvalue weighted by molar-refractivity contribution is 8.09. The molecule has 0 bridgehead atoms. The van der Waals surface area contributed by atoms with Gasteiger partial charge in [-0.3, -0.25) is 4.79 Å². The minimum Gasteiger partial charge on any atom is -0.489 e. The van der Waals surface area contributed by atoms with E-state index in [1.54, 1.807) is 23.5 Å². The van der Waals surface area contributed by atoms with Gasteiger partial charge < -0.3 is 10.1 Å². The summed E-state index contributed by atoms with van der Waals surface area (Å²) in [5.74, 6) is 0.774. The summed E-state index contributed by atoms with van der Waals surface area (Å²) in [4.78, 5) is 12.9. The van der Waals surface area contributed by atoms with E-state index in [9.17, 15) is 4.79 Å². The van der Waals surface area contributed by atoms with Gasteiger partial charge >= 0.3 is 0 Å². The van der Waals surface area contributed by atoms with Crippen molar-refractivity contribution in [3.8, 4) is 0 Å². The molecule has 3 aliphatic heterocycles. The largest absolute Gasteiger partial charge is 0.489 e. The number of ether oxygens (including phenoxy) is 1. The molecule has 0 spiro atoms. The van der Waals surface area contributed by atoms with Gasteiger partial charge in [-0.2, -0.15) is 0 Å². The molecule has 1 saturated heterocycles. The first-order chi connectivity index (χ1) is 9.24. The van der Waals surface area contributed by atoms with Gasteiger partial charge in [0, 0.05) is 10.5 Å². The Morgan fingerprint density at radius 1 is 1.53 bits per heavy atom. The number of hydrogen-bond acceptors (Lipinski definition) is 5. The van der Waals surface area contributed by atoms with E-state index in [4.69, 9.17) is 4.74 Å². The van der Waals surface area contributed by atoms with Gasteiger partial charge in [0.1, 0.15) is 5.76 Å². The highest BCUT2D eigenvalue weighted by Gasteiger charge is 2.32. The molecule has 0 saturated carbocycles. The normalized spacial score (nSPS) is 32.2. The van der Waals surface area contributed by atoms with E-state index in [0.29, 0.717) is 16.3 Å². The Labute approximate surface area is 121 Å². The van der Waals surface area contributed by atoms with Crippen molar-refractivity contribution < 1.29 is 9.53 Å². The Bertz CT molecular complexity index is 452. The molecule has 0 amide bonds. The molecular formula is C14H17NO2S2. The van der Waals surface area contributed by atoms with Gasteiger partial charge in [-0.15, -0.1) is 23.5 Å². The number of nitrogens with one attached hydrogen (secondary N) is 1. The topological polar surface area (TPSA) is 38.3 Å². The van der Waals surface area contributed by atoms with Crippen LogP contribution in [0.2, 0.25) is 0 Å². The fourth-order valence-corrected chi connectivity index (χ4v) is 4.95. The van der Waals surface area contributed by atoms with Crippen molar-refractivity contribution in [1.29, 1.82) is 0 Å². The molecule has 0 aromatic carbocycles. The average molecular weight is 295 g/mol. The summed E-state index contributed by atoms with van der Waals surface area (Å²) in [5, 5.41) is 6.30. The van der Waals surface area contributed by atoms with Crippen molar-refractivity contribution in [3.05, 3.63) is 34.8 Å². The Morgan fingerprint density at radius 2 is 2.42 bits per heavy atom. The summed E-state index contributed by atoms with van der Waals surface area (Å²) in [7, 11) is 0. The maximum atomic E-state index is 12.1. The van der Waals surface area contributed by atoms with Crippen LogP contribution >= 0.6 is 23.5 Å². The van der Waals surface area contributed by atoms with Gasteiger partial charge in [0.15, 0.2) is 6.61 Å². The molecule has 0 radical (unpaired) electrons. The molecule has 0 aliphatic carbocycles. The lowest BCUT2D eigenvalue weighted by molar-refractivity contribution is -0.118. The Balaban J connectivity index is 1.48. The third kappa shape index (κ3) is 2.93. The molecule has 3 atom stereocenters. The van der Waals surface area contributed by atoms with Crippen LogP contribution in [0.15, 0.2) is 34.8 Å². The fraction of sp³-hybridized carbons (Fsp3) is 0.500. The Hall–Kier alpha value is -0.650. The number of ketones is 1. The lowest BCUT2D eigenvalue weighted by atomic mass is 10.2. The number of Topliss-reactive ketones (excluding diaryl/α,β-unsaturated/α-hetero) is 1. The molecule has 102 valence electrons. The predicted octanol–water partition coefficient (Wildman–Crippen LogP) is 2.47. The highest BCUT2D eigenvalue weighted by atomic mass is 32.2. The van der Waals surface area contributed by atoms with Crippen molar-refractivity contribution in [2.75, 3.05) is 13.2 Å². The molecule has 1 fully saturated rings. The number of thioether (sulfide) groups is 2. The van der Waals surface area contributed by atoms with Gasteiger partial charge in [-0.1, -0.05) is 18.7 Å². The summed E-state index contributed by atoms with van der Waals surface area (Å²) in [5.41, 5.74) is 0. The summed E-state index contributed by atoms with van der Waals surface area (Å²) in [6.07, 6.45) is 6.44. The molecule has 0 aromatic rings. The average Bonchev–Trinajstić information content (AvgIpc) is 3.09. The van der Waals surface area contributed by atoms with E-state index >= 15 is 0 Å². The SMILES string of the molecule is C=C(OCC(=O)C1=CC2SC=CC2S1)C1CCCN1. The van der Waals surface area contributed by atoms with E-state index in [1.807, 2.05) is 0 Å². The first-order valence-corrected chi connectivity index (χ1v) is 8.35. The van der Waals surface area contributed by atoms with Gasteiger partial charge in [0.05, 0.1) is 10.9 Å². The molecule has 3 unspecified atom stereocenters. The first kappa shape index (κ1) is 13.3. The minimum absolute atomic E-state index is 0.0764. The van der Waals surface area contributed by atoms with Crippen LogP contribution in [0.25, 0.3) is 0 Å². The van der Waals surface area contributed by atoms with Gasteiger partial charge in [-0.05, 0) is 24.8 Å². The number of fused-ring (bicyclic) bond motifs is 1. The first-order valence-electron chi connectivity index (χ1n) is 6.53. The summed E-state index contributed by atoms with van der Waals surface area (Å²) in [6, 6.07) is 0.218. The lowest BCUT2D eigenvalue weighted by Gasteiger charge is -2.14. The zero-order chi connectivity index (χ0) is 13.2. The molecule has 0 aromatic heterocycles. The molecule has 3 heterocycles. The number of hydrogen-bond donors (Lipinski definition) is 1. The Morgan fingerprint density at radius 3 is 3.16 bits per heavy atom. The van der Waals surface area contributed by atoms with E-state index in [1.165, 1.54) is 0 Å². The number of carbonyl (C=O) groups is 1. The number of rotatable bonds is 5. The van der Waals surface area contributed by atoms with E-state index in [0.717, 1.165) is 24.3 Å². The molecule has 19 heavy (non-hydrogen) atoms. The van der Waals surface area contributed by atoms with Gasteiger partial charge in [-0.25, -0.2) is 0 Å². The second kappa shape index (κ2) is 5.77. The zero-order valence-corrected chi connectivity index (χ0v) is 12.3. The van der Waals surface area contributed by atoms with E-state index < -0.39 is 0 Å². The quantitative estimate of drug-likeness (QED) is 0.789. The van der Waals surface area contributed by atoms with Crippen LogP contribution in [0.4, 0.5) is 0 Å². The lowest BCUT2D eigenvalue weighted by Crippen LogP contribution is -2.25. The van der Waals surface area contributed by atoms with Crippen molar-refractivity contribution in [3.63, 3.8) is 0 Å². The minimum atomic E-state index is 0.0764. The fourth-order valence-electron chi connectivity index (χ4n) is 2.42. The number of carbonyl (C=O) groups excluding carboxylic acids is 1. The summed E-state index contributed by atoms with van der Waals surface area (Å²) < 4.78 is 5.54. The van der Waals surface area contributed by atoms with Crippen LogP contribution in [0, 0.1) is 0 Å². The van der Waals surface area contributed by atoms with Crippen LogP contribution in [0.3, 0.4) is 0 Å². The van der Waals surface area contributed by atoms with Crippen LogP contribution in [0.5, 0.6) is 0 Å². The molecule has 1 N–H and O–H groups in total. The molecule has 3 nitrogen and oxygen atoms in total. The van der Waals surface area contributed by atoms with Crippen LogP contribution in [0.1, 0.15) is 12.8 Å². The van der Waals surface area contributed by atoms with E-state index in [-0.39, 0.29) is 18.4 Å². The monoisotopic (exact) mass is 295 g/mol. The molecule has 5 heteroatoms. The summed E-state index contributed by atoms with van der Waals surface area (Å²) >= 11 is 3.43. The summed E-state index contributed by atoms with van der Waals surface area (Å²) in [6.45, 7) is 5.04. The second-order valence-corrected chi connectivity index (χ2v) is 7.18. The van der Waals surface area contributed by atoms with Crippen molar-refractivity contribution >= 4 is 29.3 Å². The van der Waals surface area contributed by atoms with Crippen LogP contribution in [-0.4, -0.2) is 35.5 Å². The van der Waals surface area contributed by atoms with Crippen molar-refractivity contribution in [2.24, 2.45) is 0 Å². The molecular weight excluding hydrogens is 278 g/mol. The standard InChI is InChI=1S/C14H17NO2S2/c1-9(10-3-2-5-15-10)17-8-11(16)13-7-14-12(19-13)4-6-18-14/h4,6-7,10,12,14-15H,1-3,5,8H2. The maximum Gasteiger partial charge on any atom is 0.206 e. The van der Waals surface area contributed by atoms with Crippen LogP contribution in [-0.2, 0) is 9.53 Å². The van der Waals surface area contributed by atoms with Crippen LogP contribution < -0.4 is 5.32 Å². The second-order valence-electron chi connectivity index (χ2n) is 4.87. The smallest absolute Gasteiger partial charge is 0.206 e. The predicted molar refractivity (Wildman–Crippen MR) is 81.1 cm³/mol. The third-order valence-electron chi connectivity index (χ3n) is 3.52. The maximum absolute atomic E-state index is 12.1. The molecule has 3 aliphatic rings. The van der Waals surface area contributed by atoms with E-state index in [2.05, 4.69) is 29.5 Å². The molecule has 3 rings (SSSR count). The highest BCUT2D eigenvalue weighted by Crippen LogP contribution is 2.44. The third-order valence-corrected chi connectivity index (χ3v) is 6.09. The Kier molecular flexibility index (Phi) is 4.05. The van der Waals surface area contributed by atoms with Crippen molar-refractivity contribution in [1.82, 2.24) is 5.32 Å².